The van der Waals surface area contributed by atoms with E-state index in [4.69, 9.17) is 10.5 Å². The quantitative estimate of drug-likeness (QED) is 0.516. The molecule has 64 valence electrons. The molecule has 2 N–H and O–H groups in total. The minimum absolute atomic E-state index is 0.0480. The number of rotatable bonds is 2. The van der Waals surface area contributed by atoms with E-state index in [-0.39, 0.29) is 17.3 Å². The molecule has 1 aromatic rings. The van der Waals surface area contributed by atoms with Gasteiger partial charge >= 0.3 is 5.69 Å². The highest BCUT2D eigenvalue weighted by Crippen LogP contribution is 2.22. The van der Waals surface area contributed by atoms with E-state index >= 15 is 0 Å². The Bertz CT molecular complexity index is 313. The molecule has 0 spiro atoms. The van der Waals surface area contributed by atoms with Crippen molar-refractivity contribution in [3.8, 4) is 5.88 Å². The first-order valence-corrected chi connectivity index (χ1v) is 3.09. The molecule has 0 fully saturated rings. The van der Waals surface area contributed by atoms with E-state index < -0.39 is 4.92 Å². The van der Waals surface area contributed by atoms with Gasteiger partial charge in [0.25, 0.3) is 0 Å². The smallest absolute Gasteiger partial charge is 0.310 e. The van der Waals surface area contributed by atoms with Crippen LogP contribution in [0.4, 0.5) is 11.4 Å². The summed E-state index contributed by atoms with van der Waals surface area (Å²) in [6.07, 6.45) is 1.06. The van der Waals surface area contributed by atoms with E-state index in [1.54, 1.807) is 0 Å². The molecule has 12 heavy (non-hydrogen) atoms. The Morgan fingerprint density at radius 1 is 1.75 bits per heavy atom. The molecule has 0 saturated heterocycles. The number of methoxy groups -OCH3 is 1. The molecule has 1 aromatic heterocycles. The molecule has 0 amide bonds. The summed E-state index contributed by atoms with van der Waals surface area (Å²) in [7, 11) is 1.41. The van der Waals surface area contributed by atoms with Crippen molar-refractivity contribution >= 4 is 11.4 Å². The zero-order valence-corrected chi connectivity index (χ0v) is 6.35. The van der Waals surface area contributed by atoms with Gasteiger partial charge in [-0.2, -0.15) is 0 Å². The van der Waals surface area contributed by atoms with E-state index in [2.05, 4.69) is 4.98 Å². The van der Waals surface area contributed by atoms with Crippen LogP contribution in [0.3, 0.4) is 0 Å². The van der Waals surface area contributed by atoms with Crippen molar-refractivity contribution in [2.75, 3.05) is 12.8 Å². The summed E-state index contributed by atoms with van der Waals surface area (Å²) in [5.41, 5.74) is 5.17. The summed E-state index contributed by atoms with van der Waals surface area (Å²) in [6.45, 7) is 0. The zero-order chi connectivity index (χ0) is 9.14. The Hall–Kier alpha value is -1.85. The highest BCUT2D eigenvalue weighted by atomic mass is 16.6. The fraction of sp³-hybridized carbons (Fsp3) is 0.167. The van der Waals surface area contributed by atoms with Crippen molar-refractivity contribution in [3.05, 3.63) is 22.4 Å². The van der Waals surface area contributed by atoms with Crippen LogP contribution in [0, 0.1) is 10.1 Å². The summed E-state index contributed by atoms with van der Waals surface area (Å²) >= 11 is 0. The Balaban J connectivity index is 3.12. The van der Waals surface area contributed by atoms with Gasteiger partial charge in [-0.25, -0.2) is 4.98 Å². The molecule has 1 rings (SSSR count). The third kappa shape index (κ3) is 1.42. The van der Waals surface area contributed by atoms with E-state index in [0.29, 0.717) is 0 Å². The lowest BCUT2D eigenvalue weighted by atomic mass is 10.3. The van der Waals surface area contributed by atoms with Crippen LogP contribution < -0.4 is 10.5 Å². The number of hydrogen-bond acceptors (Lipinski definition) is 5. The van der Waals surface area contributed by atoms with Crippen LogP contribution in [-0.4, -0.2) is 17.0 Å². The van der Waals surface area contributed by atoms with Crippen LogP contribution >= 0.6 is 0 Å². The van der Waals surface area contributed by atoms with Crippen LogP contribution in [0.5, 0.6) is 5.88 Å². The van der Waals surface area contributed by atoms with Crippen LogP contribution in [0.2, 0.25) is 0 Å². The minimum atomic E-state index is -0.595. The van der Waals surface area contributed by atoms with Crippen molar-refractivity contribution in [1.29, 1.82) is 0 Å². The van der Waals surface area contributed by atoms with E-state index in [9.17, 15) is 10.1 Å². The maximum absolute atomic E-state index is 10.3. The first kappa shape index (κ1) is 8.25. The van der Waals surface area contributed by atoms with Crippen molar-refractivity contribution in [2.24, 2.45) is 0 Å². The van der Waals surface area contributed by atoms with Crippen LogP contribution in [0.15, 0.2) is 12.3 Å². The molecule has 0 aliphatic carbocycles. The fourth-order valence-corrected chi connectivity index (χ4v) is 0.708. The van der Waals surface area contributed by atoms with Crippen molar-refractivity contribution < 1.29 is 9.66 Å². The molecular weight excluding hydrogens is 162 g/mol. The predicted octanol–water partition coefficient (Wildman–Crippen LogP) is 0.581. The molecule has 0 aliphatic rings. The summed E-state index contributed by atoms with van der Waals surface area (Å²) < 4.78 is 4.72. The average molecular weight is 169 g/mol. The number of pyridine rings is 1. The van der Waals surface area contributed by atoms with Gasteiger partial charge in [-0.15, -0.1) is 0 Å². The standard InChI is InChI=1S/C6H7N3O3/c1-12-6-2-4(7)5(3-8-6)9(10)11/h2-3H,1H3,(H2,7,8). The number of nitrogens with two attached hydrogens (primary N) is 1. The van der Waals surface area contributed by atoms with Crippen LogP contribution in [-0.2, 0) is 0 Å². The second-order valence-corrected chi connectivity index (χ2v) is 2.04. The summed E-state index contributed by atoms with van der Waals surface area (Å²) in [4.78, 5) is 13.3. The lowest BCUT2D eigenvalue weighted by Crippen LogP contribution is -1.97. The van der Waals surface area contributed by atoms with Gasteiger partial charge in [0.2, 0.25) is 5.88 Å². The van der Waals surface area contributed by atoms with Gasteiger partial charge in [0.1, 0.15) is 11.9 Å². The Kier molecular flexibility index (Phi) is 2.09. The van der Waals surface area contributed by atoms with Crippen molar-refractivity contribution in [1.82, 2.24) is 4.98 Å². The number of ether oxygens (including phenoxy) is 1. The maximum atomic E-state index is 10.3. The monoisotopic (exact) mass is 169 g/mol. The largest absolute Gasteiger partial charge is 0.481 e. The predicted molar refractivity (Wildman–Crippen MR) is 41.9 cm³/mol. The number of hydrogen-bond donors (Lipinski definition) is 1. The number of nitrogen functional groups attached to an aromatic ring is 1. The second-order valence-electron chi connectivity index (χ2n) is 2.04. The lowest BCUT2D eigenvalue weighted by Gasteiger charge is -1.99. The molecule has 0 radical (unpaired) electrons. The van der Waals surface area contributed by atoms with Gasteiger partial charge in [-0.1, -0.05) is 0 Å². The van der Waals surface area contributed by atoms with Crippen molar-refractivity contribution in [3.63, 3.8) is 0 Å². The third-order valence-electron chi connectivity index (χ3n) is 1.29. The Labute approximate surface area is 68.1 Å². The second kappa shape index (κ2) is 3.04. The average Bonchev–Trinajstić information content (AvgIpc) is 2.03. The zero-order valence-electron chi connectivity index (χ0n) is 6.35. The maximum Gasteiger partial charge on any atom is 0.310 e. The van der Waals surface area contributed by atoms with Gasteiger partial charge in [0, 0.05) is 6.07 Å². The number of nitro groups is 1. The van der Waals surface area contributed by atoms with Gasteiger partial charge < -0.3 is 10.5 Å². The highest BCUT2D eigenvalue weighted by Gasteiger charge is 2.11. The topological polar surface area (TPSA) is 91.3 Å². The molecular formula is C6H7N3O3. The summed E-state index contributed by atoms with van der Waals surface area (Å²) in [5.74, 6) is 0.262. The highest BCUT2D eigenvalue weighted by molar-refractivity contribution is 5.57. The number of anilines is 1. The number of nitrogens with zero attached hydrogens (tertiary/aromatic N) is 2. The molecule has 0 saturated carbocycles. The molecule has 0 aliphatic heterocycles. The van der Waals surface area contributed by atoms with Gasteiger partial charge in [-0.05, 0) is 0 Å². The normalized spacial score (nSPS) is 9.42. The molecule has 0 bridgehead atoms. The Morgan fingerprint density at radius 2 is 2.42 bits per heavy atom. The van der Waals surface area contributed by atoms with E-state index in [1.807, 2.05) is 0 Å². The SMILES string of the molecule is COc1cc(N)c([N+](=O)[O-])cn1. The molecule has 6 nitrogen and oxygen atoms in total. The van der Waals surface area contributed by atoms with Gasteiger partial charge in [0.15, 0.2) is 0 Å². The number of aromatic nitrogens is 1. The molecule has 1 heterocycles. The molecule has 6 heteroatoms. The molecule has 0 atom stereocenters. The first-order chi connectivity index (χ1) is 5.65. The van der Waals surface area contributed by atoms with E-state index in [0.717, 1.165) is 6.20 Å². The first-order valence-electron chi connectivity index (χ1n) is 3.09. The van der Waals surface area contributed by atoms with Crippen molar-refractivity contribution in [2.45, 2.75) is 0 Å². The van der Waals surface area contributed by atoms with E-state index in [1.165, 1.54) is 13.2 Å². The van der Waals surface area contributed by atoms with Gasteiger partial charge in [-0.3, -0.25) is 10.1 Å². The fourth-order valence-electron chi connectivity index (χ4n) is 0.708. The molecule has 0 unspecified atom stereocenters. The third-order valence-corrected chi connectivity index (χ3v) is 1.29. The van der Waals surface area contributed by atoms with Crippen LogP contribution in [0.1, 0.15) is 0 Å². The minimum Gasteiger partial charge on any atom is -0.481 e. The van der Waals surface area contributed by atoms with Gasteiger partial charge in [0.05, 0.1) is 12.0 Å². The lowest BCUT2D eigenvalue weighted by molar-refractivity contribution is -0.384. The van der Waals surface area contributed by atoms with Crippen LogP contribution in [0.25, 0.3) is 0 Å². The summed E-state index contributed by atoms with van der Waals surface area (Å²) in [6, 6.07) is 1.30. The summed E-state index contributed by atoms with van der Waals surface area (Å²) in [5, 5.41) is 10.3. The molecule has 0 aromatic carbocycles. The Morgan fingerprint density at radius 3 is 2.83 bits per heavy atom.